The van der Waals surface area contributed by atoms with Crippen LogP contribution in [0.2, 0.25) is 0 Å². The third-order valence-electron chi connectivity index (χ3n) is 6.21. The number of rotatable bonds is 4. The van der Waals surface area contributed by atoms with Crippen molar-refractivity contribution >= 4 is 5.91 Å². The van der Waals surface area contributed by atoms with Crippen LogP contribution in [-0.2, 0) is 4.79 Å². The van der Waals surface area contributed by atoms with Gasteiger partial charge in [-0.15, -0.1) is 0 Å². The van der Waals surface area contributed by atoms with E-state index in [-0.39, 0.29) is 5.91 Å². The van der Waals surface area contributed by atoms with Crippen LogP contribution >= 0.6 is 0 Å². The van der Waals surface area contributed by atoms with Crippen LogP contribution in [-0.4, -0.2) is 72.5 Å². The van der Waals surface area contributed by atoms with Crippen LogP contribution in [0.4, 0.5) is 0 Å². The molecule has 126 valence electrons. The number of piperazine rings is 1. The third kappa shape index (κ3) is 3.83. The molecule has 1 aliphatic carbocycles. The maximum absolute atomic E-state index is 11.5. The van der Waals surface area contributed by atoms with Crippen molar-refractivity contribution in [2.45, 2.75) is 52.0 Å². The molecule has 3 rings (SSSR count). The SMILES string of the molecule is CC(=O)N1CCN([C@@H]2CN(CCC3CCCC3)C[C@@H]2C)CC1. The van der Waals surface area contributed by atoms with Crippen LogP contribution in [0.15, 0.2) is 0 Å². The number of carbonyl (C=O) groups excluding carboxylic acids is 1. The average Bonchev–Trinajstić information content (AvgIpc) is 3.14. The Morgan fingerprint density at radius 1 is 1.05 bits per heavy atom. The summed E-state index contributed by atoms with van der Waals surface area (Å²) in [4.78, 5) is 18.8. The number of hydrogen-bond acceptors (Lipinski definition) is 3. The molecule has 0 spiro atoms. The number of amides is 1. The van der Waals surface area contributed by atoms with Gasteiger partial charge in [0.15, 0.2) is 0 Å². The van der Waals surface area contributed by atoms with Gasteiger partial charge >= 0.3 is 0 Å². The summed E-state index contributed by atoms with van der Waals surface area (Å²) in [5.41, 5.74) is 0. The Kier molecular flexibility index (Phi) is 5.40. The Morgan fingerprint density at radius 2 is 1.73 bits per heavy atom. The van der Waals surface area contributed by atoms with Gasteiger partial charge in [-0.2, -0.15) is 0 Å². The molecule has 22 heavy (non-hydrogen) atoms. The molecule has 0 radical (unpaired) electrons. The number of carbonyl (C=O) groups is 1. The van der Waals surface area contributed by atoms with E-state index in [2.05, 4.69) is 16.7 Å². The van der Waals surface area contributed by atoms with Crippen molar-refractivity contribution in [3.63, 3.8) is 0 Å². The molecule has 3 aliphatic rings. The van der Waals surface area contributed by atoms with Crippen LogP contribution in [0.25, 0.3) is 0 Å². The second-order valence-corrected chi connectivity index (χ2v) is 7.79. The summed E-state index contributed by atoms with van der Waals surface area (Å²) in [6.45, 7) is 11.9. The fourth-order valence-corrected chi connectivity index (χ4v) is 4.74. The minimum absolute atomic E-state index is 0.234. The summed E-state index contributed by atoms with van der Waals surface area (Å²) in [6.07, 6.45) is 7.28. The summed E-state index contributed by atoms with van der Waals surface area (Å²) in [5, 5.41) is 0. The highest BCUT2D eigenvalue weighted by Gasteiger charge is 2.35. The molecule has 0 aromatic rings. The molecule has 2 saturated heterocycles. The summed E-state index contributed by atoms with van der Waals surface area (Å²) < 4.78 is 0. The molecule has 3 fully saturated rings. The van der Waals surface area contributed by atoms with Crippen molar-refractivity contribution < 1.29 is 4.79 Å². The summed E-state index contributed by atoms with van der Waals surface area (Å²) in [5.74, 6) is 2.01. The standard InChI is InChI=1S/C18H33N3O/c1-15-13-19(8-7-17-5-3-4-6-17)14-18(15)21-11-9-20(10-12-21)16(2)22/h15,17-18H,3-14H2,1-2H3/t15-,18+/m0/s1. The van der Waals surface area contributed by atoms with E-state index in [0.29, 0.717) is 6.04 Å². The highest BCUT2D eigenvalue weighted by Crippen LogP contribution is 2.29. The normalized spacial score (nSPS) is 32.0. The van der Waals surface area contributed by atoms with Gasteiger partial charge < -0.3 is 9.80 Å². The lowest BCUT2D eigenvalue weighted by Crippen LogP contribution is -2.53. The Balaban J connectivity index is 1.43. The molecule has 2 atom stereocenters. The Labute approximate surface area is 135 Å². The predicted octanol–water partition coefficient (Wildman–Crippen LogP) is 2.05. The maximum atomic E-state index is 11.5. The number of likely N-dealkylation sites (tertiary alicyclic amines) is 1. The molecular formula is C18H33N3O. The van der Waals surface area contributed by atoms with Gasteiger partial charge in [0.25, 0.3) is 0 Å². The molecule has 0 unspecified atom stereocenters. The Bertz CT molecular complexity index is 373. The zero-order chi connectivity index (χ0) is 15.5. The second-order valence-electron chi connectivity index (χ2n) is 7.79. The minimum atomic E-state index is 0.234. The zero-order valence-electron chi connectivity index (χ0n) is 14.5. The highest BCUT2D eigenvalue weighted by molar-refractivity contribution is 5.73. The molecule has 0 bridgehead atoms. The van der Waals surface area contributed by atoms with Gasteiger partial charge in [0.05, 0.1) is 0 Å². The molecule has 4 nitrogen and oxygen atoms in total. The van der Waals surface area contributed by atoms with Gasteiger partial charge in [0, 0.05) is 52.2 Å². The molecule has 1 amide bonds. The largest absolute Gasteiger partial charge is 0.340 e. The molecule has 0 N–H and O–H groups in total. The van der Waals surface area contributed by atoms with E-state index >= 15 is 0 Å². The van der Waals surface area contributed by atoms with E-state index in [1.807, 2.05) is 4.90 Å². The Morgan fingerprint density at radius 3 is 2.36 bits per heavy atom. The van der Waals surface area contributed by atoms with Crippen molar-refractivity contribution in [2.75, 3.05) is 45.8 Å². The molecular weight excluding hydrogens is 274 g/mol. The van der Waals surface area contributed by atoms with Crippen molar-refractivity contribution in [3.8, 4) is 0 Å². The molecule has 0 aromatic heterocycles. The molecule has 1 saturated carbocycles. The van der Waals surface area contributed by atoms with Crippen LogP contribution < -0.4 is 0 Å². The first-order valence-electron chi connectivity index (χ1n) is 9.35. The molecule has 2 aliphatic heterocycles. The van der Waals surface area contributed by atoms with Crippen LogP contribution in [0.1, 0.15) is 46.0 Å². The predicted molar refractivity (Wildman–Crippen MR) is 89.8 cm³/mol. The fourth-order valence-electron chi connectivity index (χ4n) is 4.74. The van der Waals surface area contributed by atoms with Gasteiger partial charge in [-0.25, -0.2) is 0 Å². The van der Waals surface area contributed by atoms with Gasteiger partial charge in [0.2, 0.25) is 5.91 Å². The maximum Gasteiger partial charge on any atom is 0.219 e. The van der Waals surface area contributed by atoms with Crippen LogP contribution in [0, 0.1) is 11.8 Å². The number of hydrogen-bond donors (Lipinski definition) is 0. The smallest absolute Gasteiger partial charge is 0.219 e. The van der Waals surface area contributed by atoms with E-state index < -0.39 is 0 Å². The van der Waals surface area contributed by atoms with Crippen LogP contribution in [0.5, 0.6) is 0 Å². The quantitative estimate of drug-likeness (QED) is 0.795. The fraction of sp³-hybridized carbons (Fsp3) is 0.944. The lowest BCUT2D eigenvalue weighted by atomic mass is 10.0. The van der Waals surface area contributed by atoms with Gasteiger partial charge in [-0.05, 0) is 24.8 Å². The van der Waals surface area contributed by atoms with E-state index in [0.717, 1.165) is 38.0 Å². The van der Waals surface area contributed by atoms with Gasteiger partial charge in [0.1, 0.15) is 0 Å². The van der Waals surface area contributed by atoms with Crippen LogP contribution in [0.3, 0.4) is 0 Å². The zero-order valence-corrected chi connectivity index (χ0v) is 14.5. The first-order chi connectivity index (χ1) is 10.6. The highest BCUT2D eigenvalue weighted by atomic mass is 16.2. The minimum Gasteiger partial charge on any atom is -0.340 e. The van der Waals surface area contributed by atoms with Gasteiger partial charge in [-0.3, -0.25) is 9.69 Å². The van der Waals surface area contributed by atoms with E-state index in [4.69, 9.17) is 0 Å². The van der Waals surface area contributed by atoms with Crippen molar-refractivity contribution in [1.82, 2.24) is 14.7 Å². The van der Waals surface area contributed by atoms with E-state index in [1.165, 1.54) is 51.7 Å². The topological polar surface area (TPSA) is 26.8 Å². The molecule has 0 aromatic carbocycles. The molecule has 2 heterocycles. The molecule has 4 heteroatoms. The summed E-state index contributed by atoms with van der Waals surface area (Å²) in [7, 11) is 0. The first-order valence-corrected chi connectivity index (χ1v) is 9.35. The summed E-state index contributed by atoms with van der Waals surface area (Å²) >= 11 is 0. The van der Waals surface area contributed by atoms with Crippen molar-refractivity contribution in [2.24, 2.45) is 11.8 Å². The lowest BCUT2D eigenvalue weighted by Gasteiger charge is -2.39. The van der Waals surface area contributed by atoms with E-state index in [9.17, 15) is 4.79 Å². The Hall–Kier alpha value is -0.610. The second kappa shape index (κ2) is 7.31. The van der Waals surface area contributed by atoms with E-state index in [1.54, 1.807) is 6.92 Å². The van der Waals surface area contributed by atoms with Crippen molar-refractivity contribution in [3.05, 3.63) is 0 Å². The lowest BCUT2D eigenvalue weighted by molar-refractivity contribution is -0.130. The monoisotopic (exact) mass is 307 g/mol. The average molecular weight is 307 g/mol. The number of nitrogens with zero attached hydrogens (tertiary/aromatic N) is 3. The third-order valence-corrected chi connectivity index (χ3v) is 6.21. The summed E-state index contributed by atoms with van der Waals surface area (Å²) in [6, 6.07) is 0.706. The van der Waals surface area contributed by atoms with Gasteiger partial charge in [-0.1, -0.05) is 32.6 Å². The first kappa shape index (κ1) is 16.3. The van der Waals surface area contributed by atoms with Crippen molar-refractivity contribution in [1.29, 1.82) is 0 Å².